The minimum absolute atomic E-state index is 0.134. The SMILES string of the molecule is O=C(Nc1ccccn1)[C@@H](c1ccccc1)N1Cc2ccccc2C1=O. The molecule has 128 valence electrons. The molecule has 0 unspecified atom stereocenters. The van der Waals surface area contributed by atoms with Crippen molar-refractivity contribution in [3.63, 3.8) is 0 Å². The second-order valence-electron chi connectivity index (χ2n) is 6.11. The van der Waals surface area contributed by atoms with Crippen molar-refractivity contribution in [3.05, 3.63) is 95.7 Å². The molecule has 1 aliphatic rings. The highest BCUT2D eigenvalue weighted by atomic mass is 16.2. The normalized spacial score (nSPS) is 14.0. The van der Waals surface area contributed by atoms with Crippen LogP contribution in [0.1, 0.15) is 27.5 Å². The van der Waals surface area contributed by atoms with Gasteiger partial charge in [0, 0.05) is 18.3 Å². The smallest absolute Gasteiger partial charge is 0.255 e. The molecule has 1 atom stereocenters. The molecule has 0 bridgehead atoms. The van der Waals surface area contributed by atoms with Gasteiger partial charge in [-0.05, 0) is 29.3 Å². The Morgan fingerprint density at radius 2 is 1.69 bits per heavy atom. The molecule has 1 aliphatic heterocycles. The molecule has 0 saturated carbocycles. The molecule has 2 amide bonds. The van der Waals surface area contributed by atoms with Crippen LogP contribution in [0.3, 0.4) is 0 Å². The lowest BCUT2D eigenvalue weighted by molar-refractivity contribution is -0.120. The number of fused-ring (bicyclic) bond motifs is 1. The molecule has 5 heteroatoms. The number of carbonyl (C=O) groups excluding carboxylic acids is 2. The van der Waals surface area contributed by atoms with Crippen LogP contribution in [0, 0.1) is 0 Å². The number of rotatable bonds is 4. The summed E-state index contributed by atoms with van der Waals surface area (Å²) in [5, 5.41) is 2.82. The minimum atomic E-state index is -0.724. The van der Waals surface area contributed by atoms with E-state index in [-0.39, 0.29) is 11.8 Å². The van der Waals surface area contributed by atoms with Gasteiger partial charge in [0.2, 0.25) is 0 Å². The van der Waals surface area contributed by atoms with Crippen molar-refractivity contribution >= 4 is 17.6 Å². The summed E-state index contributed by atoms with van der Waals surface area (Å²) < 4.78 is 0. The van der Waals surface area contributed by atoms with Gasteiger partial charge in [-0.25, -0.2) is 4.98 Å². The third-order valence-electron chi connectivity index (χ3n) is 4.44. The Kier molecular flexibility index (Phi) is 4.19. The molecule has 26 heavy (non-hydrogen) atoms. The molecule has 0 spiro atoms. The number of nitrogens with zero attached hydrogens (tertiary/aromatic N) is 2. The van der Waals surface area contributed by atoms with Crippen molar-refractivity contribution in [2.24, 2.45) is 0 Å². The van der Waals surface area contributed by atoms with E-state index < -0.39 is 6.04 Å². The first kappa shape index (κ1) is 16.0. The third-order valence-corrected chi connectivity index (χ3v) is 4.44. The van der Waals surface area contributed by atoms with E-state index >= 15 is 0 Å². The number of hydrogen-bond acceptors (Lipinski definition) is 3. The standard InChI is InChI=1S/C21H17N3O2/c25-20(23-18-12-6-7-13-22-18)19(15-8-2-1-3-9-15)24-14-16-10-4-5-11-17(16)21(24)26/h1-13,19H,14H2,(H,22,23,25)/t19-/m1/s1. The van der Waals surface area contributed by atoms with Crippen molar-refractivity contribution in [1.82, 2.24) is 9.88 Å². The topological polar surface area (TPSA) is 62.3 Å². The molecule has 1 aromatic heterocycles. The van der Waals surface area contributed by atoms with Crippen molar-refractivity contribution in [2.45, 2.75) is 12.6 Å². The lowest BCUT2D eigenvalue weighted by Crippen LogP contribution is -2.37. The Morgan fingerprint density at radius 3 is 2.42 bits per heavy atom. The predicted octanol–water partition coefficient (Wildman–Crippen LogP) is 3.42. The van der Waals surface area contributed by atoms with E-state index in [1.54, 1.807) is 35.4 Å². The van der Waals surface area contributed by atoms with Gasteiger partial charge in [0.05, 0.1) is 0 Å². The molecule has 3 aromatic rings. The van der Waals surface area contributed by atoms with Gasteiger partial charge >= 0.3 is 0 Å². The summed E-state index contributed by atoms with van der Waals surface area (Å²) in [6.45, 7) is 0.407. The number of aromatic nitrogens is 1. The zero-order valence-corrected chi connectivity index (χ0v) is 14.0. The quantitative estimate of drug-likeness (QED) is 0.789. The maximum absolute atomic E-state index is 13.1. The van der Waals surface area contributed by atoms with Crippen molar-refractivity contribution in [2.75, 3.05) is 5.32 Å². The van der Waals surface area contributed by atoms with E-state index in [2.05, 4.69) is 10.3 Å². The Balaban J connectivity index is 1.69. The Morgan fingerprint density at radius 1 is 0.962 bits per heavy atom. The lowest BCUT2D eigenvalue weighted by Gasteiger charge is -2.27. The van der Waals surface area contributed by atoms with Crippen LogP contribution in [0.25, 0.3) is 0 Å². The molecule has 4 rings (SSSR count). The fourth-order valence-corrected chi connectivity index (χ4v) is 3.22. The highest BCUT2D eigenvalue weighted by Gasteiger charge is 2.37. The van der Waals surface area contributed by atoms with E-state index in [0.29, 0.717) is 17.9 Å². The first-order valence-corrected chi connectivity index (χ1v) is 8.40. The van der Waals surface area contributed by atoms with Gasteiger partial charge in [-0.2, -0.15) is 0 Å². The van der Waals surface area contributed by atoms with Gasteiger partial charge in [-0.1, -0.05) is 54.6 Å². The summed E-state index contributed by atoms with van der Waals surface area (Å²) in [6.07, 6.45) is 1.62. The zero-order valence-electron chi connectivity index (χ0n) is 14.0. The van der Waals surface area contributed by atoms with Crippen molar-refractivity contribution < 1.29 is 9.59 Å². The molecule has 0 saturated heterocycles. The first-order valence-electron chi connectivity index (χ1n) is 8.40. The average molecular weight is 343 g/mol. The van der Waals surface area contributed by atoms with Crippen LogP contribution in [-0.2, 0) is 11.3 Å². The summed E-state index contributed by atoms with van der Waals surface area (Å²) in [5.74, 6) is 0.0456. The van der Waals surface area contributed by atoms with Crippen LogP contribution in [-0.4, -0.2) is 21.7 Å². The molecule has 0 fully saturated rings. The molecule has 0 aliphatic carbocycles. The number of hydrogen-bond donors (Lipinski definition) is 1. The number of pyridine rings is 1. The maximum atomic E-state index is 13.1. The van der Waals surface area contributed by atoms with Crippen LogP contribution in [0.2, 0.25) is 0 Å². The van der Waals surface area contributed by atoms with E-state index in [1.807, 2.05) is 48.5 Å². The Bertz CT molecular complexity index is 942. The van der Waals surface area contributed by atoms with Crippen LogP contribution in [0.5, 0.6) is 0 Å². The summed E-state index contributed by atoms with van der Waals surface area (Å²) >= 11 is 0. The molecular formula is C21H17N3O2. The maximum Gasteiger partial charge on any atom is 0.255 e. The van der Waals surface area contributed by atoms with E-state index in [1.165, 1.54) is 0 Å². The summed E-state index contributed by atoms with van der Waals surface area (Å²) in [7, 11) is 0. The van der Waals surface area contributed by atoms with E-state index in [0.717, 1.165) is 11.1 Å². The number of carbonyl (C=O) groups is 2. The van der Waals surface area contributed by atoms with Gasteiger partial charge in [0.1, 0.15) is 11.9 Å². The van der Waals surface area contributed by atoms with Gasteiger partial charge in [0.25, 0.3) is 11.8 Å². The van der Waals surface area contributed by atoms with E-state index in [4.69, 9.17) is 0 Å². The second kappa shape index (κ2) is 6.80. The van der Waals surface area contributed by atoms with Gasteiger partial charge in [-0.3, -0.25) is 9.59 Å². The molecular weight excluding hydrogens is 326 g/mol. The van der Waals surface area contributed by atoms with Crippen molar-refractivity contribution in [3.8, 4) is 0 Å². The minimum Gasteiger partial charge on any atom is -0.318 e. The number of anilines is 1. The monoisotopic (exact) mass is 343 g/mol. The van der Waals surface area contributed by atoms with Crippen LogP contribution >= 0.6 is 0 Å². The number of benzene rings is 2. The number of nitrogens with one attached hydrogen (secondary N) is 1. The first-order chi connectivity index (χ1) is 12.7. The van der Waals surface area contributed by atoms with Crippen LogP contribution in [0.15, 0.2) is 79.0 Å². The Hall–Kier alpha value is -3.47. The van der Waals surface area contributed by atoms with Gasteiger partial charge < -0.3 is 10.2 Å². The Labute approximate surface area is 151 Å². The summed E-state index contributed by atoms with van der Waals surface area (Å²) in [4.78, 5) is 31.7. The zero-order chi connectivity index (χ0) is 17.9. The second-order valence-corrected chi connectivity index (χ2v) is 6.11. The van der Waals surface area contributed by atoms with Crippen LogP contribution in [0.4, 0.5) is 5.82 Å². The molecule has 1 N–H and O–H groups in total. The largest absolute Gasteiger partial charge is 0.318 e. The predicted molar refractivity (Wildman–Crippen MR) is 98.4 cm³/mol. The third kappa shape index (κ3) is 2.95. The van der Waals surface area contributed by atoms with Gasteiger partial charge in [0.15, 0.2) is 0 Å². The fraction of sp³-hybridized carbons (Fsp3) is 0.0952. The van der Waals surface area contributed by atoms with E-state index in [9.17, 15) is 9.59 Å². The van der Waals surface area contributed by atoms with Crippen molar-refractivity contribution in [1.29, 1.82) is 0 Å². The average Bonchev–Trinajstić information content (AvgIpc) is 3.00. The molecule has 2 heterocycles. The molecule has 5 nitrogen and oxygen atoms in total. The fourth-order valence-electron chi connectivity index (χ4n) is 3.22. The van der Waals surface area contributed by atoms with Gasteiger partial charge in [-0.15, -0.1) is 0 Å². The number of amides is 2. The molecule has 2 aromatic carbocycles. The highest BCUT2D eigenvalue weighted by molar-refractivity contribution is 6.03. The summed E-state index contributed by atoms with van der Waals surface area (Å²) in [6, 6.07) is 21.4. The summed E-state index contributed by atoms with van der Waals surface area (Å²) in [5.41, 5.74) is 2.35. The lowest BCUT2D eigenvalue weighted by atomic mass is 10.0. The molecule has 0 radical (unpaired) electrons. The van der Waals surface area contributed by atoms with Crippen LogP contribution < -0.4 is 5.32 Å². The highest BCUT2D eigenvalue weighted by Crippen LogP contribution is 2.32.